The van der Waals surface area contributed by atoms with E-state index in [0.29, 0.717) is 46.5 Å². The van der Waals surface area contributed by atoms with Crippen molar-refractivity contribution in [1.82, 2.24) is 39.1 Å². The number of aromatic nitrogens is 4. The molecule has 0 bridgehead atoms. The first-order valence-electron chi connectivity index (χ1n) is 27.9. The summed E-state index contributed by atoms with van der Waals surface area (Å²) in [5.41, 5.74) is 5.84. The summed E-state index contributed by atoms with van der Waals surface area (Å²) in [7, 11) is 16.8. The highest BCUT2D eigenvalue weighted by Crippen LogP contribution is 2.22. The number of carbonyl (C=O) groups is 4. The summed E-state index contributed by atoms with van der Waals surface area (Å²) in [5, 5.41) is 0. The van der Waals surface area contributed by atoms with E-state index < -0.39 is 0 Å². The van der Waals surface area contributed by atoms with Gasteiger partial charge in [-0.1, -0.05) is 172 Å². The predicted octanol–water partition coefficient (Wildman–Crippen LogP) is 15.1. The number of pyridine rings is 4. The van der Waals surface area contributed by atoms with Crippen LogP contribution in [0.5, 0.6) is 5.88 Å². The number of hydrogen-bond acceptors (Lipinski definition) is 9. The lowest BCUT2D eigenvalue weighted by Gasteiger charge is -2.14. The molecule has 14 heteroatoms. The molecule has 4 aromatic rings. The van der Waals surface area contributed by atoms with Gasteiger partial charge in [0.1, 0.15) is 22.5 Å². The van der Waals surface area contributed by atoms with Gasteiger partial charge in [0.15, 0.2) is 0 Å². The van der Waals surface area contributed by atoms with E-state index >= 15 is 0 Å². The Bertz CT molecular complexity index is 2090. The first-order chi connectivity index (χ1) is 35.8. The zero-order chi connectivity index (χ0) is 62.2. The van der Waals surface area contributed by atoms with E-state index in [1.54, 1.807) is 100 Å². The average Bonchev–Trinajstić information content (AvgIpc) is 3.45. The van der Waals surface area contributed by atoms with E-state index in [4.69, 9.17) is 4.74 Å². The van der Waals surface area contributed by atoms with E-state index in [1.807, 2.05) is 149 Å². The van der Waals surface area contributed by atoms with E-state index in [0.717, 1.165) is 22.3 Å². The maximum Gasteiger partial charge on any atom is 0.271 e. The Hall–Kier alpha value is -5.92. The standard InChI is InChI=1S/2C12H18N2O2.2C11H16N2O.8C2H6/c1-8(2)9-6-10(12(15)14(3)4)11(16-5)13-7-9;1-8(2)9-6-10(11(15)13(3)4)12(16)14(5)7-9;1-8(2)9-5-6-12-10(7-9)11(14)13(3)4;1-8(2)9-5-6-10(12-7-9)11(14)13(3)4;8*1-2/h2*6-8H,1-5H3;2*5-8H,1-4H3;8*1-2H3. The molecule has 0 spiro atoms. The molecule has 76 heavy (non-hydrogen) atoms. The summed E-state index contributed by atoms with van der Waals surface area (Å²) in [6.45, 7) is 48.6. The molecule has 0 radical (unpaired) electrons. The summed E-state index contributed by atoms with van der Waals surface area (Å²) in [5.74, 6) is 1.44. The fourth-order valence-corrected chi connectivity index (χ4v) is 5.04. The molecule has 0 aromatic carbocycles. The molecule has 0 aliphatic rings. The summed E-state index contributed by atoms with van der Waals surface area (Å²) < 4.78 is 6.56. The van der Waals surface area contributed by atoms with Crippen molar-refractivity contribution in [2.24, 2.45) is 7.05 Å². The zero-order valence-electron chi connectivity index (χ0n) is 55.1. The third-order valence-electron chi connectivity index (χ3n) is 9.03. The molecule has 0 atom stereocenters. The highest BCUT2D eigenvalue weighted by atomic mass is 16.5. The predicted molar refractivity (Wildman–Crippen MR) is 330 cm³/mol. The van der Waals surface area contributed by atoms with Crippen LogP contribution in [0.3, 0.4) is 0 Å². The number of nitrogens with zero attached hydrogens (tertiary/aromatic N) is 8. The van der Waals surface area contributed by atoms with E-state index in [1.165, 1.54) is 31.3 Å². The van der Waals surface area contributed by atoms with Crippen molar-refractivity contribution < 1.29 is 23.9 Å². The fraction of sp³-hybridized carbons (Fsp3) is 0.613. The number of amides is 4. The molecule has 0 aliphatic carbocycles. The molecule has 0 N–H and O–H groups in total. The Balaban J connectivity index is -0.000000124. The van der Waals surface area contributed by atoms with Crippen LogP contribution in [0.2, 0.25) is 0 Å². The van der Waals surface area contributed by atoms with Crippen LogP contribution >= 0.6 is 0 Å². The van der Waals surface area contributed by atoms with Gasteiger partial charge in [0.05, 0.1) is 7.11 Å². The molecule has 4 amide bonds. The lowest BCUT2D eigenvalue weighted by Crippen LogP contribution is -2.31. The molecule has 0 unspecified atom stereocenters. The minimum atomic E-state index is -0.247. The fourth-order valence-electron chi connectivity index (χ4n) is 5.04. The second-order valence-corrected chi connectivity index (χ2v) is 16.3. The topological polar surface area (TPSA) is 151 Å². The molecule has 0 fully saturated rings. The molecular weight excluding hydrogens is 953 g/mol. The van der Waals surface area contributed by atoms with Gasteiger partial charge in [-0.3, -0.25) is 33.9 Å². The van der Waals surface area contributed by atoms with E-state index in [-0.39, 0.29) is 34.8 Å². The van der Waals surface area contributed by atoms with Gasteiger partial charge in [-0.25, -0.2) is 4.98 Å². The van der Waals surface area contributed by atoms with Gasteiger partial charge in [0.2, 0.25) is 5.88 Å². The minimum absolute atomic E-state index is 0.0486. The molecule has 14 nitrogen and oxygen atoms in total. The van der Waals surface area contributed by atoms with Crippen LogP contribution in [0, 0.1) is 0 Å². The monoisotopic (exact) mass is 1070 g/mol. The van der Waals surface area contributed by atoms with Crippen molar-refractivity contribution >= 4 is 23.6 Å². The Kier molecular flexibility index (Phi) is 61.5. The molecule has 440 valence electrons. The quantitative estimate of drug-likeness (QED) is 0.159. The van der Waals surface area contributed by atoms with Crippen molar-refractivity contribution in [1.29, 1.82) is 0 Å². The second kappa shape index (κ2) is 53.9. The van der Waals surface area contributed by atoms with Gasteiger partial charge in [-0.15, -0.1) is 0 Å². The maximum absolute atomic E-state index is 11.9. The van der Waals surface area contributed by atoms with Gasteiger partial charge >= 0.3 is 0 Å². The SMILES string of the molecule is CC.CC.CC.CC.CC.CC.CC.CC.CC(C)c1cc(C(=O)N(C)C)c(=O)n(C)c1.CC(C)c1ccc(C(=O)N(C)C)nc1.CC(C)c1ccnc(C(=O)N(C)C)c1.COc1ncc(C(C)C)cc1C(=O)N(C)C. The number of carbonyl (C=O) groups excluding carboxylic acids is 4. The Morgan fingerprint density at radius 3 is 1.13 bits per heavy atom. The van der Waals surface area contributed by atoms with Gasteiger partial charge in [-0.2, -0.15) is 0 Å². The van der Waals surface area contributed by atoms with E-state index in [2.05, 4.69) is 56.5 Å². The molecular formula is C62H116N8O6. The van der Waals surface area contributed by atoms with Crippen molar-refractivity contribution in [3.05, 3.63) is 116 Å². The van der Waals surface area contributed by atoms with Crippen LogP contribution in [0.25, 0.3) is 0 Å². The lowest BCUT2D eigenvalue weighted by atomic mass is 10.0. The Labute approximate surface area is 467 Å². The first-order valence-corrected chi connectivity index (χ1v) is 27.9. The van der Waals surface area contributed by atoms with Crippen LogP contribution in [0.1, 0.15) is 254 Å². The molecule has 0 saturated carbocycles. The smallest absolute Gasteiger partial charge is 0.271 e. The zero-order valence-corrected chi connectivity index (χ0v) is 55.1. The third kappa shape index (κ3) is 35.4. The number of methoxy groups -OCH3 is 1. The van der Waals surface area contributed by atoms with Crippen molar-refractivity contribution in [3.63, 3.8) is 0 Å². The van der Waals surface area contributed by atoms with Gasteiger partial charge < -0.3 is 28.9 Å². The van der Waals surface area contributed by atoms with Gasteiger partial charge in [0, 0.05) is 88.2 Å². The molecule has 0 aliphatic heterocycles. The van der Waals surface area contributed by atoms with Crippen LogP contribution in [0.15, 0.2) is 66.0 Å². The van der Waals surface area contributed by atoms with Gasteiger partial charge in [0.25, 0.3) is 29.2 Å². The van der Waals surface area contributed by atoms with Crippen LogP contribution in [-0.2, 0) is 7.05 Å². The highest BCUT2D eigenvalue weighted by Gasteiger charge is 2.18. The van der Waals surface area contributed by atoms with Crippen molar-refractivity contribution in [3.8, 4) is 5.88 Å². The summed E-state index contributed by atoms with van der Waals surface area (Å²) in [6.07, 6.45) is 6.98. The summed E-state index contributed by atoms with van der Waals surface area (Å²) >= 11 is 0. The Morgan fingerprint density at radius 1 is 0.434 bits per heavy atom. The molecule has 4 aromatic heterocycles. The number of aryl methyl sites for hydroxylation is 1. The minimum Gasteiger partial charge on any atom is -0.480 e. The van der Waals surface area contributed by atoms with Crippen LogP contribution in [0.4, 0.5) is 0 Å². The van der Waals surface area contributed by atoms with Crippen LogP contribution < -0.4 is 10.3 Å². The van der Waals surface area contributed by atoms with Crippen LogP contribution in [-0.4, -0.2) is 126 Å². The number of ether oxygens (including phenoxy) is 1. The highest BCUT2D eigenvalue weighted by molar-refractivity contribution is 5.96. The van der Waals surface area contributed by atoms with E-state index in [9.17, 15) is 24.0 Å². The molecule has 4 rings (SSSR count). The maximum atomic E-state index is 11.9. The molecule has 4 heterocycles. The molecule has 0 saturated heterocycles. The largest absolute Gasteiger partial charge is 0.480 e. The average molecular weight is 1070 g/mol. The van der Waals surface area contributed by atoms with Crippen molar-refractivity contribution in [2.75, 3.05) is 63.5 Å². The second-order valence-electron chi connectivity index (χ2n) is 16.3. The first kappa shape index (κ1) is 86.8. The summed E-state index contributed by atoms with van der Waals surface area (Å²) in [6, 6.07) is 11.1. The number of rotatable bonds is 9. The third-order valence-corrected chi connectivity index (χ3v) is 9.03. The normalized spacial score (nSPS) is 8.87. The number of hydrogen-bond donors (Lipinski definition) is 0. The lowest BCUT2D eigenvalue weighted by molar-refractivity contribution is 0.0815. The van der Waals surface area contributed by atoms with Gasteiger partial charge in [-0.05, 0) is 76.3 Å². The Morgan fingerprint density at radius 2 is 0.789 bits per heavy atom. The summed E-state index contributed by atoms with van der Waals surface area (Å²) in [4.78, 5) is 76.9. The van der Waals surface area contributed by atoms with Crippen molar-refractivity contribution in [2.45, 2.75) is 190 Å².